The summed E-state index contributed by atoms with van der Waals surface area (Å²) in [7, 11) is 1.62. The van der Waals surface area contributed by atoms with Gasteiger partial charge < -0.3 is 25.1 Å². The molecule has 0 radical (unpaired) electrons. The first-order valence-electron chi connectivity index (χ1n) is 5.26. The van der Waals surface area contributed by atoms with Crippen LogP contribution in [0.3, 0.4) is 0 Å². The van der Waals surface area contributed by atoms with Gasteiger partial charge in [0.15, 0.2) is 0 Å². The molecule has 0 aromatic carbocycles. The molecule has 0 bridgehead atoms. The van der Waals surface area contributed by atoms with E-state index in [1.54, 1.807) is 7.11 Å². The molecule has 0 aromatic rings. The monoisotopic (exact) mass is 235 g/mol. The molecule has 0 aliphatic rings. The Balaban J connectivity index is 3.34. The number of carbonyl (C=O) groups excluding carboxylic acids is 1. The maximum atomic E-state index is 11.1. The van der Waals surface area contributed by atoms with E-state index in [0.29, 0.717) is 19.8 Å². The minimum atomic E-state index is -0.992. The van der Waals surface area contributed by atoms with Crippen molar-refractivity contribution in [3.8, 4) is 0 Å². The quantitative estimate of drug-likeness (QED) is 0.405. The number of esters is 1. The number of nitrogens with two attached hydrogens (primary N) is 1. The molecule has 0 amide bonds. The molecular formula is C10H21NO5. The van der Waals surface area contributed by atoms with Crippen LogP contribution in [0.15, 0.2) is 0 Å². The van der Waals surface area contributed by atoms with Crippen LogP contribution in [-0.2, 0) is 19.0 Å². The second-order valence-electron chi connectivity index (χ2n) is 3.39. The fourth-order valence-electron chi connectivity index (χ4n) is 0.902. The zero-order valence-corrected chi connectivity index (χ0v) is 9.85. The lowest BCUT2D eigenvalue weighted by molar-refractivity contribution is -0.149. The van der Waals surface area contributed by atoms with Gasteiger partial charge in [0.25, 0.3) is 0 Å². The number of hydrogen-bond donors (Lipinski definition) is 2. The van der Waals surface area contributed by atoms with E-state index in [-0.39, 0.29) is 6.61 Å². The van der Waals surface area contributed by atoms with Crippen molar-refractivity contribution < 1.29 is 24.1 Å². The van der Waals surface area contributed by atoms with Crippen molar-refractivity contribution in [2.75, 3.05) is 33.5 Å². The molecule has 0 aromatic heterocycles. The van der Waals surface area contributed by atoms with Crippen molar-refractivity contribution in [2.45, 2.75) is 25.5 Å². The van der Waals surface area contributed by atoms with E-state index >= 15 is 0 Å². The van der Waals surface area contributed by atoms with Gasteiger partial charge in [0.05, 0.1) is 12.7 Å². The van der Waals surface area contributed by atoms with Crippen molar-refractivity contribution in [3.05, 3.63) is 0 Å². The zero-order chi connectivity index (χ0) is 12.4. The minimum Gasteiger partial charge on any atom is -0.462 e. The number of aliphatic hydroxyl groups excluding tert-OH is 1. The second-order valence-corrected chi connectivity index (χ2v) is 3.39. The molecule has 6 heteroatoms. The van der Waals surface area contributed by atoms with Gasteiger partial charge in [0.2, 0.25) is 0 Å². The third-order valence-electron chi connectivity index (χ3n) is 1.90. The number of hydrogen-bond acceptors (Lipinski definition) is 6. The van der Waals surface area contributed by atoms with Gasteiger partial charge >= 0.3 is 5.97 Å². The van der Waals surface area contributed by atoms with Gasteiger partial charge in [-0.2, -0.15) is 0 Å². The highest BCUT2D eigenvalue weighted by Crippen LogP contribution is 1.93. The summed E-state index contributed by atoms with van der Waals surface area (Å²) in [4.78, 5) is 11.1. The molecule has 96 valence electrons. The van der Waals surface area contributed by atoms with Crippen molar-refractivity contribution in [1.29, 1.82) is 0 Å². The van der Waals surface area contributed by atoms with Crippen molar-refractivity contribution in [2.24, 2.45) is 5.73 Å². The van der Waals surface area contributed by atoms with Gasteiger partial charge in [-0.1, -0.05) is 0 Å². The Bertz CT molecular complexity index is 186. The SMILES string of the molecule is COCCCOCCOC(=O)C(N)C(C)O. The minimum absolute atomic E-state index is 0.145. The smallest absolute Gasteiger partial charge is 0.325 e. The van der Waals surface area contributed by atoms with E-state index in [2.05, 4.69) is 0 Å². The number of rotatable bonds is 9. The van der Waals surface area contributed by atoms with E-state index < -0.39 is 18.1 Å². The lowest BCUT2D eigenvalue weighted by Crippen LogP contribution is -2.41. The Morgan fingerprint density at radius 2 is 2.00 bits per heavy atom. The normalized spacial score (nSPS) is 14.5. The van der Waals surface area contributed by atoms with Gasteiger partial charge in [0, 0.05) is 20.3 Å². The first-order chi connectivity index (χ1) is 7.59. The summed E-state index contributed by atoms with van der Waals surface area (Å²) >= 11 is 0. The summed E-state index contributed by atoms with van der Waals surface area (Å²) in [6.07, 6.45) is -0.104. The molecule has 0 heterocycles. The van der Waals surface area contributed by atoms with Crippen LogP contribution in [0.25, 0.3) is 0 Å². The van der Waals surface area contributed by atoms with E-state index in [4.69, 9.17) is 25.1 Å². The van der Waals surface area contributed by atoms with Crippen LogP contribution in [0.2, 0.25) is 0 Å². The van der Waals surface area contributed by atoms with Gasteiger partial charge in [-0.05, 0) is 13.3 Å². The predicted octanol–water partition coefficient (Wildman–Crippen LogP) is -0.709. The lowest BCUT2D eigenvalue weighted by atomic mass is 10.2. The second kappa shape index (κ2) is 9.53. The van der Waals surface area contributed by atoms with Crippen LogP contribution in [-0.4, -0.2) is 56.8 Å². The number of carbonyl (C=O) groups is 1. The standard InChI is InChI=1S/C10H21NO5/c1-8(12)9(11)10(13)16-7-6-15-5-3-4-14-2/h8-9,12H,3-7,11H2,1-2H3. The summed E-state index contributed by atoms with van der Waals surface area (Å²) in [6.45, 7) is 3.11. The van der Waals surface area contributed by atoms with Crippen LogP contribution in [0, 0.1) is 0 Å². The molecule has 16 heavy (non-hydrogen) atoms. The van der Waals surface area contributed by atoms with Crippen molar-refractivity contribution in [1.82, 2.24) is 0 Å². The Hall–Kier alpha value is -0.690. The molecule has 6 nitrogen and oxygen atoms in total. The average Bonchev–Trinajstić information content (AvgIpc) is 2.26. The molecule has 2 unspecified atom stereocenters. The largest absolute Gasteiger partial charge is 0.462 e. The van der Waals surface area contributed by atoms with Crippen molar-refractivity contribution in [3.63, 3.8) is 0 Å². The van der Waals surface area contributed by atoms with Crippen LogP contribution in [0.5, 0.6) is 0 Å². The molecule has 0 rings (SSSR count). The summed E-state index contributed by atoms with van der Waals surface area (Å²) in [5.41, 5.74) is 5.36. The Labute approximate surface area is 95.7 Å². The third-order valence-corrected chi connectivity index (χ3v) is 1.90. The summed E-state index contributed by atoms with van der Waals surface area (Å²) in [5, 5.41) is 9.02. The summed E-state index contributed by atoms with van der Waals surface area (Å²) < 4.78 is 14.8. The summed E-state index contributed by atoms with van der Waals surface area (Å²) in [6, 6.07) is -0.992. The summed E-state index contributed by atoms with van der Waals surface area (Å²) in [5.74, 6) is -0.615. The van der Waals surface area contributed by atoms with Crippen LogP contribution < -0.4 is 5.73 Å². The predicted molar refractivity (Wildman–Crippen MR) is 57.9 cm³/mol. The fraction of sp³-hybridized carbons (Fsp3) is 0.900. The molecule has 3 N–H and O–H groups in total. The maximum Gasteiger partial charge on any atom is 0.325 e. The van der Waals surface area contributed by atoms with Gasteiger partial charge in [0.1, 0.15) is 12.6 Å². The first-order valence-corrected chi connectivity index (χ1v) is 5.26. The first kappa shape index (κ1) is 15.3. The highest BCUT2D eigenvalue weighted by molar-refractivity contribution is 5.76. The van der Waals surface area contributed by atoms with Crippen LogP contribution in [0.1, 0.15) is 13.3 Å². The highest BCUT2D eigenvalue weighted by Gasteiger charge is 2.19. The van der Waals surface area contributed by atoms with E-state index in [1.165, 1.54) is 6.92 Å². The lowest BCUT2D eigenvalue weighted by Gasteiger charge is -2.13. The highest BCUT2D eigenvalue weighted by atomic mass is 16.6. The van der Waals surface area contributed by atoms with Crippen molar-refractivity contribution >= 4 is 5.97 Å². The van der Waals surface area contributed by atoms with E-state index in [0.717, 1.165) is 6.42 Å². The zero-order valence-electron chi connectivity index (χ0n) is 9.85. The van der Waals surface area contributed by atoms with E-state index in [9.17, 15) is 4.79 Å². The van der Waals surface area contributed by atoms with Gasteiger partial charge in [-0.15, -0.1) is 0 Å². The number of aliphatic hydroxyl groups is 1. The van der Waals surface area contributed by atoms with E-state index in [1.807, 2.05) is 0 Å². The average molecular weight is 235 g/mol. The van der Waals surface area contributed by atoms with Crippen LogP contribution >= 0.6 is 0 Å². The molecule has 0 aliphatic heterocycles. The third kappa shape index (κ3) is 7.58. The van der Waals surface area contributed by atoms with Gasteiger partial charge in [-0.25, -0.2) is 0 Å². The topological polar surface area (TPSA) is 91.0 Å². The maximum absolute atomic E-state index is 11.1. The molecule has 0 saturated heterocycles. The fourth-order valence-corrected chi connectivity index (χ4v) is 0.902. The Kier molecular flexibility index (Phi) is 9.12. The molecule has 0 fully saturated rings. The Morgan fingerprint density at radius 3 is 2.56 bits per heavy atom. The number of methoxy groups -OCH3 is 1. The molecule has 0 spiro atoms. The number of ether oxygens (including phenoxy) is 3. The Morgan fingerprint density at radius 1 is 1.31 bits per heavy atom. The van der Waals surface area contributed by atoms with Crippen LogP contribution in [0.4, 0.5) is 0 Å². The molecular weight excluding hydrogens is 214 g/mol. The molecule has 0 aliphatic carbocycles. The molecule has 0 saturated carbocycles. The molecule has 2 atom stereocenters. The van der Waals surface area contributed by atoms with Gasteiger partial charge in [-0.3, -0.25) is 4.79 Å².